The summed E-state index contributed by atoms with van der Waals surface area (Å²) in [6.45, 7) is 2.20. The zero-order valence-electron chi connectivity index (χ0n) is 19.7. The largest absolute Gasteiger partial charge is 0.377 e. The number of fused-ring (bicyclic) bond motifs is 3. The minimum Gasteiger partial charge on any atom is -0.377 e. The number of carbonyl (C=O) groups excluding carboxylic acids is 1. The molecule has 2 aliphatic rings. The Labute approximate surface area is 222 Å². The molecule has 6 rings (SSSR count). The van der Waals surface area contributed by atoms with Crippen LogP contribution in [-0.2, 0) is 4.79 Å². The van der Waals surface area contributed by atoms with Gasteiger partial charge in [-0.15, -0.1) is 0 Å². The van der Waals surface area contributed by atoms with Crippen molar-refractivity contribution in [2.45, 2.75) is 18.8 Å². The molecule has 2 unspecified atom stereocenters. The first kappa shape index (κ1) is 22.6. The third kappa shape index (κ3) is 3.40. The predicted molar refractivity (Wildman–Crippen MR) is 152 cm³/mol. The molecule has 0 spiro atoms. The normalized spacial score (nSPS) is 18.6. The smallest absolute Gasteiger partial charge is 0.232 e. The van der Waals surface area contributed by atoms with Gasteiger partial charge < -0.3 is 10.2 Å². The Balaban J connectivity index is 1.61. The molecule has 3 nitrogen and oxygen atoms in total. The molecule has 0 bridgehead atoms. The van der Waals surface area contributed by atoms with E-state index >= 15 is 0 Å². The molecular formula is C30H24Br2N2O. The van der Waals surface area contributed by atoms with Crippen LogP contribution in [0, 0.1) is 0 Å². The molecule has 0 radical (unpaired) electrons. The number of hydrogen-bond acceptors (Lipinski definition) is 2. The summed E-state index contributed by atoms with van der Waals surface area (Å²) in [5, 5.41) is 5.60. The second kappa shape index (κ2) is 8.35. The van der Waals surface area contributed by atoms with Gasteiger partial charge in [0.15, 0.2) is 0 Å². The van der Waals surface area contributed by atoms with Crippen LogP contribution in [0.1, 0.15) is 41.0 Å². The number of halogens is 2. The topological polar surface area (TPSA) is 32.3 Å². The molecule has 0 saturated carbocycles. The number of carbonyl (C=O) groups is 1. The number of rotatable bonds is 3. The van der Waals surface area contributed by atoms with Crippen LogP contribution in [0.25, 0.3) is 16.3 Å². The van der Waals surface area contributed by atoms with Gasteiger partial charge in [-0.05, 0) is 74.3 Å². The quantitative estimate of drug-likeness (QED) is 0.263. The van der Waals surface area contributed by atoms with E-state index in [1.54, 1.807) is 0 Å². The van der Waals surface area contributed by atoms with Crippen molar-refractivity contribution in [3.05, 3.63) is 110 Å². The first-order valence-corrected chi connectivity index (χ1v) is 13.2. The molecule has 1 aliphatic carbocycles. The highest BCUT2D eigenvalue weighted by Crippen LogP contribution is 2.55. The molecule has 0 aromatic heterocycles. The van der Waals surface area contributed by atoms with Crippen LogP contribution in [-0.4, -0.2) is 20.0 Å². The lowest BCUT2D eigenvalue weighted by atomic mass is 9.80. The number of amides is 1. The molecule has 2 atom stereocenters. The second-order valence-corrected chi connectivity index (χ2v) is 11.3. The van der Waals surface area contributed by atoms with Crippen LogP contribution < -0.4 is 10.2 Å². The number of benzene rings is 4. The fourth-order valence-corrected chi connectivity index (χ4v) is 7.28. The van der Waals surface area contributed by atoms with Gasteiger partial charge in [0.2, 0.25) is 5.91 Å². The average Bonchev–Trinajstić information content (AvgIpc) is 3.31. The lowest BCUT2D eigenvalue weighted by Gasteiger charge is -2.21. The summed E-state index contributed by atoms with van der Waals surface area (Å²) in [6.07, 6.45) is 0. The summed E-state index contributed by atoms with van der Waals surface area (Å²) < 4.78 is 1.86. The van der Waals surface area contributed by atoms with Gasteiger partial charge in [-0.25, -0.2) is 0 Å². The minimum atomic E-state index is -0.287. The second-order valence-electron chi connectivity index (χ2n) is 9.51. The van der Waals surface area contributed by atoms with Crippen LogP contribution >= 0.6 is 31.9 Å². The van der Waals surface area contributed by atoms with Crippen molar-refractivity contribution in [1.29, 1.82) is 0 Å². The molecule has 35 heavy (non-hydrogen) atoms. The van der Waals surface area contributed by atoms with Gasteiger partial charge in [-0.2, -0.15) is 0 Å². The van der Waals surface area contributed by atoms with Crippen molar-refractivity contribution in [3.8, 4) is 0 Å². The van der Waals surface area contributed by atoms with Crippen LogP contribution in [0.5, 0.6) is 0 Å². The Kier molecular flexibility index (Phi) is 5.39. The molecule has 0 saturated heterocycles. The standard InChI is InChI=1S/C30H24Br2N2O/c1-16-26(22-12-13-25(34(2)3)19-9-5-4-8-18(19)22)20-10-6-7-11-21(20)27(16)28-23-14-17(31)15-24(32)29(23)33-30(28)35/h4-15,27-28H,1-3H3,(H,33,35). The van der Waals surface area contributed by atoms with E-state index in [0.717, 1.165) is 20.2 Å². The Hall–Kier alpha value is -2.89. The zero-order valence-corrected chi connectivity index (χ0v) is 22.9. The highest BCUT2D eigenvalue weighted by molar-refractivity contribution is 9.11. The fourth-order valence-electron chi connectivity index (χ4n) is 5.92. The molecular weight excluding hydrogens is 564 g/mol. The predicted octanol–water partition coefficient (Wildman–Crippen LogP) is 8.09. The van der Waals surface area contributed by atoms with E-state index < -0.39 is 0 Å². The highest BCUT2D eigenvalue weighted by atomic mass is 79.9. The van der Waals surface area contributed by atoms with Crippen molar-refractivity contribution in [2.75, 3.05) is 24.3 Å². The number of nitrogens with one attached hydrogen (secondary N) is 1. The SMILES string of the molecule is CC1=C(c2ccc(N(C)C)c3ccccc23)c2ccccc2C1C1C(=O)Nc2c(Br)cc(Br)cc21. The summed E-state index contributed by atoms with van der Waals surface area (Å²) in [5.41, 5.74) is 9.22. The molecule has 4 aromatic rings. The van der Waals surface area contributed by atoms with E-state index in [9.17, 15) is 4.79 Å². The Morgan fingerprint density at radius 1 is 0.800 bits per heavy atom. The summed E-state index contributed by atoms with van der Waals surface area (Å²) >= 11 is 7.27. The molecule has 1 aliphatic heterocycles. The van der Waals surface area contributed by atoms with Gasteiger partial charge >= 0.3 is 0 Å². The monoisotopic (exact) mass is 586 g/mol. The van der Waals surface area contributed by atoms with Crippen molar-refractivity contribution >= 4 is 65.5 Å². The van der Waals surface area contributed by atoms with Gasteiger partial charge in [0.05, 0.1) is 11.6 Å². The maximum atomic E-state index is 13.4. The molecule has 5 heteroatoms. The van der Waals surface area contributed by atoms with E-state index in [-0.39, 0.29) is 17.7 Å². The van der Waals surface area contributed by atoms with E-state index in [4.69, 9.17) is 0 Å². The number of hydrogen-bond donors (Lipinski definition) is 1. The number of allylic oxidation sites excluding steroid dienone is 1. The molecule has 1 amide bonds. The van der Waals surface area contributed by atoms with Gasteiger partial charge in [-0.3, -0.25) is 4.79 Å². The first-order chi connectivity index (χ1) is 16.9. The molecule has 1 N–H and O–H groups in total. The Morgan fingerprint density at radius 2 is 1.51 bits per heavy atom. The number of nitrogens with zero attached hydrogens (tertiary/aromatic N) is 1. The van der Waals surface area contributed by atoms with Gasteiger partial charge in [0.1, 0.15) is 0 Å². The molecule has 174 valence electrons. The summed E-state index contributed by atoms with van der Waals surface area (Å²) in [7, 11) is 4.17. The lowest BCUT2D eigenvalue weighted by Crippen LogP contribution is -2.19. The van der Waals surface area contributed by atoms with Crippen molar-refractivity contribution in [1.82, 2.24) is 0 Å². The van der Waals surface area contributed by atoms with Gasteiger partial charge in [0, 0.05) is 40.0 Å². The summed E-state index contributed by atoms with van der Waals surface area (Å²) in [5.74, 6) is -0.271. The van der Waals surface area contributed by atoms with E-state index in [1.165, 1.54) is 44.3 Å². The third-order valence-corrected chi connectivity index (χ3v) is 8.45. The Morgan fingerprint density at radius 3 is 2.29 bits per heavy atom. The zero-order chi connectivity index (χ0) is 24.4. The van der Waals surface area contributed by atoms with E-state index in [2.05, 4.69) is 130 Å². The maximum absolute atomic E-state index is 13.4. The third-order valence-electron chi connectivity index (χ3n) is 7.36. The van der Waals surface area contributed by atoms with Crippen LogP contribution in [0.2, 0.25) is 0 Å². The lowest BCUT2D eigenvalue weighted by molar-refractivity contribution is -0.117. The molecule has 0 fully saturated rings. The molecule has 1 heterocycles. The van der Waals surface area contributed by atoms with Crippen molar-refractivity contribution < 1.29 is 4.79 Å². The van der Waals surface area contributed by atoms with Gasteiger partial charge in [-0.1, -0.05) is 76.1 Å². The maximum Gasteiger partial charge on any atom is 0.232 e. The highest BCUT2D eigenvalue weighted by Gasteiger charge is 2.44. The Bertz CT molecular complexity index is 1570. The van der Waals surface area contributed by atoms with Crippen LogP contribution in [0.4, 0.5) is 11.4 Å². The van der Waals surface area contributed by atoms with E-state index in [0.29, 0.717) is 0 Å². The van der Waals surface area contributed by atoms with Crippen LogP contribution in [0.3, 0.4) is 0 Å². The van der Waals surface area contributed by atoms with E-state index in [1.807, 2.05) is 6.07 Å². The van der Waals surface area contributed by atoms with Crippen molar-refractivity contribution in [3.63, 3.8) is 0 Å². The minimum absolute atomic E-state index is 0.0315. The average molecular weight is 588 g/mol. The summed E-state index contributed by atoms with van der Waals surface area (Å²) in [6, 6.07) is 25.7. The summed E-state index contributed by atoms with van der Waals surface area (Å²) in [4.78, 5) is 15.6. The first-order valence-electron chi connectivity index (χ1n) is 11.7. The van der Waals surface area contributed by atoms with Crippen molar-refractivity contribution in [2.24, 2.45) is 0 Å². The number of anilines is 2. The van der Waals surface area contributed by atoms with Crippen LogP contribution in [0.15, 0.2) is 87.3 Å². The van der Waals surface area contributed by atoms with Gasteiger partial charge in [0.25, 0.3) is 0 Å². The fraction of sp³-hybridized carbons (Fsp3) is 0.167. The molecule has 4 aromatic carbocycles.